The summed E-state index contributed by atoms with van der Waals surface area (Å²) in [5.41, 5.74) is -1.29. The maximum absolute atomic E-state index is 13.2. The van der Waals surface area contributed by atoms with Crippen molar-refractivity contribution in [3.63, 3.8) is 0 Å². The molecule has 1 aromatic heterocycles. The van der Waals surface area contributed by atoms with E-state index in [1.807, 2.05) is 0 Å². The summed E-state index contributed by atoms with van der Waals surface area (Å²) in [4.78, 5) is 33.3. The van der Waals surface area contributed by atoms with Gasteiger partial charge in [-0.2, -0.15) is 13.2 Å². The number of hydrogen-bond acceptors (Lipinski definition) is 4. The van der Waals surface area contributed by atoms with Crippen molar-refractivity contribution in [2.24, 2.45) is 0 Å². The minimum Gasteiger partial charge on any atom is -0.323 e. The number of likely N-dealkylation sites (N-methyl/N-ethyl adjacent to an activating group) is 1. The second kappa shape index (κ2) is 8.85. The van der Waals surface area contributed by atoms with Crippen molar-refractivity contribution in [3.05, 3.63) is 69.2 Å². The molecule has 0 unspecified atom stereocenters. The van der Waals surface area contributed by atoms with Gasteiger partial charge in [-0.3, -0.25) is 14.5 Å². The Hall–Kier alpha value is -2.91. The molecule has 0 fully saturated rings. The van der Waals surface area contributed by atoms with E-state index in [1.165, 1.54) is 12.1 Å². The van der Waals surface area contributed by atoms with E-state index in [2.05, 4.69) is 15.3 Å². The summed E-state index contributed by atoms with van der Waals surface area (Å²) < 4.78 is 39.6. The number of anilines is 1. The van der Waals surface area contributed by atoms with E-state index in [0.29, 0.717) is 23.3 Å². The number of halogens is 4. The lowest BCUT2D eigenvalue weighted by Crippen LogP contribution is -2.34. The van der Waals surface area contributed by atoms with Crippen LogP contribution in [0, 0.1) is 0 Å². The predicted octanol–water partition coefficient (Wildman–Crippen LogP) is 4.06. The largest absolute Gasteiger partial charge is 0.418 e. The lowest BCUT2D eigenvalue weighted by atomic mass is 10.1. The highest BCUT2D eigenvalue weighted by atomic mass is 35.5. The molecule has 0 saturated heterocycles. The molecule has 0 aliphatic rings. The van der Waals surface area contributed by atoms with Crippen LogP contribution in [0.15, 0.2) is 47.3 Å². The third-order valence-electron chi connectivity index (χ3n) is 4.43. The van der Waals surface area contributed by atoms with Crippen molar-refractivity contribution < 1.29 is 18.0 Å². The Morgan fingerprint density at radius 3 is 2.63 bits per heavy atom. The van der Waals surface area contributed by atoms with Crippen LogP contribution in [0.5, 0.6) is 0 Å². The predicted molar refractivity (Wildman–Crippen MR) is 108 cm³/mol. The van der Waals surface area contributed by atoms with Gasteiger partial charge in [0.2, 0.25) is 5.91 Å². The van der Waals surface area contributed by atoms with E-state index in [1.54, 1.807) is 36.1 Å². The molecule has 1 amide bonds. The molecule has 3 aromatic rings. The van der Waals surface area contributed by atoms with Crippen molar-refractivity contribution in [2.75, 3.05) is 18.4 Å². The molecule has 0 aliphatic heterocycles. The Balaban J connectivity index is 1.76. The first-order valence-corrected chi connectivity index (χ1v) is 9.42. The van der Waals surface area contributed by atoms with Gasteiger partial charge in [-0.05, 0) is 30.8 Å². The monoisotopic (exact) mass is 438 g/mol. The van der Waals surface area contributed by atoms with Gasteiger partial charge in [-0.15, -0.1) is 0 Å². The Labute approximate surface area is 174 Å². The number of aromatic nitrogens is 2. The van der Waals surface area contributed by atoms with Crippen LogP contribution < -0.4 is 10.9 Å². The molecule has 0 bridgehead atoms. The number of carbonyl (C=O) groups is 1. The molecule has 2 N–H and O–H groups in total. The van der Waals surface area contributed by atoms with E-state index in [0.717, 1.165) is 6.07 Å². The zero-order valence-corrected chi connectivity index (χ0v) is 16.6. The van der Waals surface area contributed by atoms with Gasteiger partial charge >= 0.3 is 6.18 Å². The maximum Gasteiger partial charge on any atom is 0.418 e. The van der Waals surface area contributed by atoms with Crippen LogP contribution in [0.3, 0.4) is 0 Å². The molecule has 30 heavy (non-hydrogen) atoms. The molecule has 3 rings (SSSR count). The standard InChI is InChI=1S/C20H18ClF3N4O2/c1-2-28(10-16-25-15-9-4-3-6-12(15)19(30)26-16)11-17(29)27-18-13(20(22,23)24)7-5-8-14(18)21/h3-9H,2,10-11H2,1H3,(H,27,29)(H,25,26,30). The summed E-state index contributed by atoms with van der Waals surface area (Å²) in [6.07, 6.45) is -4.66. The lowest BCUT2D eigenvalue weighted by Gasteiger charge is -2.20. The number of rotatable bonds is 6. The molecule has 6 nitrogen and oxygen atoms in total. The highest BCUT2D eigenvalue weighted by molar-refractivity contribution is 6.34. The fourth-order valence-corrected chi connectivity index (χ4v) is 3.19. The van der Waals surface area contributed by atoms with Crippen molar-refractivity contribution in [1.29, 1.82) is 0 Å². The first-order valence-electron chi connectivity index (χ1n) is 9.05. The van der Waals surface area contributed by atoms with Crippen LogP contribution in [0.25, 0.3) is 10.9 Å². The number of para-hydroxylation sites is 2. The second-order valence-electron chi connectivity index (χ2n) is 6.54. The van der Waals surface area contributed by atoms with Gasteiger partial charge in [0.15, 0.2) is 0 Å². The smallest absolute Gasteiger partial charge is 0.323 e. The number of carbonyl (C=O) groups excluding carboxylic acids is 1. The molecule has 10 heteroatoms. The van der Waals surface area contributed by atoms with E-state index in [9.17, 15) is 22.8 Å². The third kappa shape index (κ3) is 4.98. The summed E-state index contributed by atoms with van der Waals surface area (Å²) in [6, 6.07) is 10.1. The second-order valence-corrected chi connectivity index (χ2v) is 6.95. The van der Waals surface area contributed by atoms with Gasteiger partial charge in [0, 0.05) is 0 Å². The molecular formula is C20H18ClF3N4O2. The van der Waals surface area contributed by atoms with Crippen LogP contribution in [0.4, 0.5) is 18.9 Å². The van der Waals surface area contributed by atoms with Gasteiger partial charge in [0.25, 0.3) is 5.56 Å². The van der Waals surface area contributed by atoms with Gasteiger partial charge in [0.05, 0.1) is 40.3 Å². The molecule has 2 aromatic carbocycles. The molecule has 158 valence electrons. The number of hydrogen-bond donors (Lipinski definition) is 2. The number of H-pyrrole nitrogens is 1. The summed E-state index contributed by atoms with van der Waals surface area (Å²) in [5.74, 6) is -0.319. The molecule has 0 aliphatic carbocycles. The Bertz CT molecular complexity index is 1130. The quantitative estimate of drug-likeness (QED) is 0.608. The first kappa shape index (κ1) is 21.8. The summed E-state index contributed by atoms with van der Waals surface area (Å²) in [6.45, 7) is 2.11. The van der Waals surface area contributed by atoms with Crippen LogP contribution in [0.1, 0.15) is 18.3 Å². The van der Waals surface area contributed by atoms with Gasteiger partial charge < -0.3 is 10.3 Å². The van der Waals surface area contributed by atoms with Crippen molar-refractivity contribution in [3.8, 4) is 0 Å². The van der Waals surface area contributed by atoms with E-state index in [-0.39, 0.29) is 23.7 Å². The molecule has 0 atom stereocenters. The minimum absolute atomic E-state index is 0.138. The number of amides is 1. The number of benzene rings is 2. The number of nitrogens with one attached hydrogen (secondary N) is 2. The third-order valence-corrected chi connectivity index (χ3v) is 4.75. The van der Waals surface area contributed by atoms with Gasteiger partial charge in [0.1, 0.15) is 5.82 Å². The molecule has 0 radical (unpaired) electrons. The highest BCUT2D eigenvalue weighted by Crippen LogP contribution is 2.38. The fraction of sp³-hybridized carbons (Fsp3) is 0.250. The van der Waals surface area contributed by atoms with Crippen LogP contribution >= 0.6 is 11.6 Å². The number of nitrogens with zero attached hydrogens (tertiary/aromatic N) is 2. The van der Waals surface area contributed by atoms with Crippen molar-refractivity contribution in [1.82, 2.24) is 14.9 Å². The van der Waals surface area contributed by atoms with E-state index in [4.69, 9.17) is 11.6 Å². The zero-order valence-electron chi connectivity index (χ0n) is 15.9. The fourth-order valence-electron chi connectivity index (χ4n) is 2.97. The minimum atomic E-state index is -4.66. The Kier molecular flexibility index (Phi) is 6.42. The van der Waals surface area contributed by atoms with Crippen molar-refractivity contribution >= 4 is 34.1 Å². The SMILES string of the molecule is CCN(CC(=O)Nc1c(Cl)cccc1C(F)(F)F)Cc1nc2ccccc2c(=O)[nH]1. The maximum atomic E-state index is 13.2. The molecule has 1 heterocycles. The summed E-state index contributed by atoms with van der Waals surface area (Å²) in [5, 5.41) is 2.49. The van der Waals surface area contributed by atoms with Crippen molar-refractivity contribution in [2.45, 2.75) is 19.6 Å². The van der Waals surface area contributed by atoms with Crippen LogP contribution in [0.2, 0.25) is 5.02 Å². The molecule has 0 saturated carbocycles. The topological polar surface area (TPSA) is 78.1 Å². The summed E-state index contributed by atoms with van der Waals surface area (Å²) >= 11 is 5.87. The highest BCUT2D eigenvalue weighted by Gasteiger charge is 2.34. The average Bonchev–Trinajstić information content (AvgIpc) is 2.68. The lowest BCUT2D eigenvalue weighted by molar-refractivity contribution is -0.137. The van der Waals surface area contributed by atoms with E-state index >= 15 is 0 Å². The normalized spacial score (nSPS) is 11.8. The Morgan fingerprint density at radius 1 is 1.20 bits per heavy atom. The van der Waals surface area contributed by atoms with Crippen LogP contribution in [-0.2, 0) is 17.5 Å². The Morgan fingerprint density at radius 2 is 1.93 bits per heavy atom. The number of fused-ring (bicyclic) bond motifs is 1. The van der Waals surface area contributed by atoms with Gasteiger partial charge in [-0.25, -0.2) is 4.98 Å². The summed E-state index contributed by atoms with van der Waals surface area (Å²) in [7, 11) is 0. The number of alkyl halides is 3. The van der Waals surface area contributed by atoms with E-state index < -0.39 is 23.3 Å². The van der Waals surface area contributed by atoms with Crippen LogP contribution in [-0.4, -0.2) is 33.9 Å². The first-order chi connectivity index (χ1) is 14.2. The van der Waals surface area contributed by atoms with Gasteiger partial charge in [-0.1, -0.05) is 36.7 Å². The molecule has 0 spiro atoms. The molecular weight excluding hydrogens is 421 g/mol. The zero-order chi connectivity index (χ0) is 21.9. The number of aromatic amines is 1. The average molecular weight is 439 g/mol.